The Bertz CT molecular complexity index is 125. The second-order valence-electron chi connectivity index (χ2n) is 4.61. The van der Waals surface area contributed by atoms with Crippen LogP contribution in [0.2, 0.25) is 0 Å². The standard InChI is InChI=1S/C12H25N/c1-4-12(5-2)13-10(3)9-11-7-6-8-11/h10-13H,4-9H2,1-3H3. The molecule has 1 nitrogen and oxygen atoms in total. The number of rotatable bonds is 6. The summed E-state index contributed by atoms with van der Waals surface area (Å²) in [5, 5.41) is 3.72. The maximum Gasteiger partial charge on any atom is 0.00642 e. The molecule has 1 unspecified atom stereocenters. The fourth-order valence-electron chi connectivity index (χ4n) is 2.22. The van der Waals surface area contributed by atoms with Gasteiger partial charge in [-0.25, -0.2) is 0 Å². The van der Waals surface area contributed by atoms with Gasteiger partial charge >= 0.3 is 0 Å². The van der Waals surface area contributed by atoms with Gasteiger partial charge in [-0.15, -0.1) is 0 Å². The monoisotopic (exact) mass is 183 g/mol. The Balaban J connectivity index is 2.10. The molecule has 0 bridgehead atoms. The average Bonchev–Trinajstić information content (AvgIpc) is 2.07. The first-order valence-corrected chi connectivity index (χ1v) is 6.02. The molecule has 0 spiro atoms. The first-order chi connectivity index (χ1) is 6.26. The van der Waals surface area contributed by atoms with Crippen molar-refractivity contribution in [2.75, 3.05) is 0 Å². The molecule has 0 aromatic rings. The molecule has 0 radical (unpaired) electrons. The predicted molar refractivity (Wildman–Crippen MR) is 58.9 cm³/mol. The molecule has 1 saturated carbocycles. The van der Waals surface area contributed by atoms with Crippen LogP contribution in [0.5, 0.6) is 0 Å². The van der Waals surface area contributed by atoms with E-state index < -0.39 is 0 Å². The SMILES string of the molecule is CCC(CC)NC(C)CC1CCC1. The summed E-state index contributed by atoms with van der Waals surface area (Å²) < 4.78 is 0. The van der Waals surface area contributed by atoms with Crippen LogP contribution in [0.25, 0.3) is 0 Å². The molecule has 0 aromatic carbocycles. The van der Waals surface area contributed by atoms with Crippen LogP contribution < -0.4 is 5.32 Å². The van der Waals surface area contributed by atoms with Gasteiger partial charge in [0.25, 0.3) is 0 Å². The number of nitrogens with one attached hydrogen (secondary N) is 1. The van der Waals surface area contributed by atoms with Crippen molar-refractivity contribution in [2.45, 2.75) is 71.4 Å². The van der Waals surface area contributed by atoms with E-state index in [1.807, 2.05) is 0 Å². The highest BCUT2D eigenvalue weighted by Gasteiger charge is 2.20. The van der Waals surface area contributed by atoms with Gasteiger partial charge in [0.2, 0.25) is 0 Å². The normalized spacial score (nSPS) is 20.3. The molecule has 78 valence electrons. The maximum absolute atomic E-state index is 3.72. The Morgan fingerprint density at radius 3 is 2.23 bits per heavy atom. The largest absolute Gasteiger partial charge is 0.312 e. The summed E-state index contributed by atoms with van der Waals surface area (Å²) in [6, 6.07) is 1.48. The van der Waals surface area contributed by atoms with Crippen molar-refractivity contribution in [3.8, 4) is 0 Å². The smallest absolute Gasteiger partial charge is 0.00642 e. The molecule has 0 saturated heterocycles. The topological polar surface area (TPSA) is 12.0 Å². The van der Waals surface area contributed by atoms with Crippen LogP contribution >= 0.6 is 0 Å². The summed E-state index contributed by atoms with van der Waals surface area (Å²) in [5.74, 6) is 1.04. The molecule has 1 aliphatic carbocycles. The first kappa shape index (κ1) is 11.0. The van der Waals surface area contributed by atoms with E-state index in [4.69, 9.17) is 0 Å². The number of hydrogen-bond donors (Lipinski definition) is 1. The van der Waals surface area contributed by atoms with Gasteiger partial charge in [-0.05, 0) is 32.1 Å². The lowest BCUT2D eigenvalue weighted by molar-refractivity contribution is 0.255. The van der Waals surface area contributed by atoms with Crippen molar-refractivity contribution in [3.05, 3.63) is 0 Å². The summed E-state index contributed by atoms with van der Waals surface area (Å²) in [7, 11) is 0. The third kappa shape index (κ3) is 3.68. The fraction of sp³-hybridized carbons (Fsp3) is 1.00. The molecule has 13 heavy (non-hydrogen) atoms. The Morgan fingerprint density at radius 1 is 1.23 bits per heavy atom. The highest BCUT2D eigenvalue weighted by atomic mass is 14.9. The second-order valence-corrected chi connectivity index (χ2v) is 4.61. The average molecular weight is 183 g/mol. The Labute approximate surface area is 83.3 Å². The zero-order chi connectivity index (χ0) is 9.68. The lowest BCUT2D eigenvalue weighted by atomic mass is 9.81. The van der Waals surface area contributed by atoms with Gasteiger partial charge in [0.05, 0.1) is 0 Å². The van der Waals surface area contributed by atoms with Crippen molar-refractivity contribution in [2.24, 2.45) is 5.92 Å². The quantitative estimate of drug-likeness (QED) is 0.666. The third-order valence-electron chi connectivity index (χ3n) is 3.42. The van der Waals surface area contributed by atoms with Gasteiger partial charge in [-0.1, -0.05) is 33.1 Å². The summed E-state index contributed by atoms with van der Waals surface area (Å²) in [5.41, 5.74) is 0. The second kappa shape index (κ2) is 5.64. The third-order valence-corrected chi connectivity index (χ3v) is 3.42. The fourth-order valence-corrected chi connectivity index (χ4v) is 2.22. The van der Waals surface area contributed by atoms with E-state index in [-0.39, 0.29) is 0 Å². The van der Waals surface area contributed by atoms with Crippen molar-refractivity contribution < 1.29 is 0 Å². The minimum absolute atomic E-state index is 0.732. The van der Waals surface area contributed by atoms with E-state index in [2.05, 4.69) is 26.1 Å². The van der Waals surface area contributed by atoms with Gasteiger partial charge in [-0.2, -0.15) is 0 Å². The molecule has 1 aliphatic rings. The molecule has 1 atom stereocenters. The van der Waals surface area contributed by atoms with Crippen LogP contribution in [0, 0.1) is 5.92 Å². The molecule has 0 heterocycles. The van der Waals surface area contributed by atoms with Crippen LogP contribution in [-0.4, -0.2) is 12.1 Å². The van der Waals surface area contributed by atoms with Gasteiger partial charge in [0.1, 0.15) is 0 Å². The maximum atomic E-state index is 3.72. The van der Waals surface area contributed by atoms with Crippen LogP contribution in [0.4, 0.5) is 0 Å². The predicted octanol–water partition coefficient (Wildman–Crippen LogP) is 3.34. The molecular weight excluding hydrogens is 158 g/mol. The van der Waals surface area contributed by atoms with E-state index in [9.17, 15) is 0 Å². The van der Waals surface area contributed by atoms with Crippen LogP contribution in [0.3, 0.4) is 0 Å². The van der Waals surface area contributed by atoms with Gasteiger partial charge < -0.3 is 5.32 Å². The minimum Gasteiger partial charge on any atom is -0.312 e. The van der Waals surface area contributed by atoms with Gasteiger partial charge in [-0.3, -0.25) is 0 Å². The molecule has 1 rings (SSSR count). The van der Waals surface area contributed by atoms with Crippen LogP contribution in [0.15, 0.2) is 0 Å². The van der Waals surface area contributed by atoms with Crippen molar-refractivity contribution >= 4 is 0 Å². The summed E-state index contributed by atoms with van der Waals surface area (Å²) >= 11 is 0. The van der Waals surface area contributed by atoms with E-state index in [0.29, 0.717) is 0 Å². The highest BCUT2D eigenvalue weighted by Crippen LogP contribution is 2.30. The highest BCUT2D eigenvalue weighted by molar-refractivity contribution is 4.76. The Hall–Kier alpha value is -0.0400. The molecule has 0 aliphatic heterocycles. The molecular formula is C12H25N. The van der Waals surface area contributed by atoms with Crippen molar-refractivity contribution in [1.82, 2.24) is 5.32 Å². The molecule has 0 aromatic heterocycles. The summed E-state index contributed by atoms with van der Waals surface area (Å²) in [6.45, 7) is 6.89. The van der Waals surface area contributed by atoms with Crippen molar-refractivity contribution in [3.63, 3.8) is 0 Å². The summed E-state index contributed by atoms with van der Waals surface area (Å²) in [4.78, 5) is 0. The van der Waals surface area contributed by atoms with E-state index in [0.717, 1.165) is 18.0 Å². The Morgan fingerprint density at radius 2 is 1.85 bits per heavy atom. The number of hydrogen-bond acceptors (Lipinski definition) is 1. The van der Waals surface area contributed by atoms with Gasteiger partial charge in [0, 0.05) is 12.1 Å². The summed E-state index contributed by atoms with van der Waals surface area (Å²) in [6.07, 6.45) is 8.37. The van der Waals surface area contributed by atoms with Gasteiger partial charge in [0.15, 0.2) is 0 Å². The molecule has 0 amide bonds. The van der Waals surface area contributed by atoms with E-state index in [1.54, 1.807) is 0 Å². The molecule has 1 fully saturated rings. The zero-order valence-electron chi connectivity index (χ0n) is 9.47. The van der Waals surface area contributed by atoms with Crippen molar-refractivity contribution in [1.29, 1.82) is 0 Å². The Kier molecular flexibility index (Phi) is 4.79. The molecule has 1 heteroatoms. The van der Waals surface area contributed by atoms with E-state index in [1.165, 1.54) is 38.5 Å². The first-order valence-electron chi connectivity index (χ1n) is 6.02. The zero-order valence-corrected chi connectivity index (χ0v) is 9.47. The lowest BCUT2D eigenvalue weighted by Gasteiger charge is -2.30. The van der Waals surface area contributed by atoms with Crippen LogP contribution in [-0.2, 0) is 0 Å². The molecule has 1 N–H and O–H groups in total. The van der Waals surface area contributed by atoms with E-state index >= 15 is 0 Å². The van der Waals surface area contributed by atoms with Crippen LogP contribution in [0.1, 0.15) is 59.3 Å². The lowest BCUT2D eigenvalue weighted by Crippen LogP contribution is -2.37. The minimum atomic E-state index is 0.732.